The number of benzene rings is 1. The zero-order chi connectivity index (χ0) is 13.1. The summed E-state index contributed by atoms with van der Waals surface area (Å²) in [5.41, 5.74) is -1.75. The molecule has 96 valence electrons. The van der Waals surface area contributed by atoms with Crippen molar-refractivity contribution in [2.45, 2.75) is 32.0 Å². The maximum absolute atomic E-state index is 12.6. The van der Waals surface area contributed by atoms with Crippen LogP contribution in [0, 0.1) is 0 Å². The minimum absolute atomic E-state index is 0.0383. The number of hydrogen-bond donors (Lipinski definition) is 1. The largest absolute Gasteiger partial charge is 0.493 e. The lowest BCUT2D eigenvalue weighted by Crippen LogP contribution is -2.22. The van der Waals surface area contributed by atoms with Crippen LogP contribution in [0.15, 0.2) is 24.3 Å². The molecule has 1 rings (SSSR count). The van der Waals surface area contributed by atoms with Gasteiger partial charge in [0.2, 0.25) is 0 Å². The fourth-order valence-electron chi connectivity index (χ4n) is 1.24. The molecule has 1 aromatic carbocycles. The summed E-state index contributed by atoms with van der Waals surface area (Å²) in [4.78, 5) is 0. The number of alkyl halides is 3. The lowest BCUT2D eigenvalue weighted by molar-refractivity contribution is -0.139. The highest BCUT2D eigenvalue weighted by molar-refractivity contribution is 5.35. The van der Waals surface area contributed by atoms with Crippen molar-refractivity contribution in [3.63, 3.8) is 0 Å². The molecule has 0 atom stereocenters. The summed E-state index contributed by atoms with van der Waals surface area (Å²) in [5, 5.41) is 9.42. The molecule has 0 spiro atoms. The van der Waals surface area contributed by atoms with Crippen LogP contribution in [0.5, 0.6) is 5.75 Å². The Labute approximate surface area is 98.0 Å². The highest BCUT2D eigenvalue weighted by atomic mass is 19.4. The van der Waals surface area contributed by atoms with Crippen LogP contribution in [-0.4, -0.2) is 17.3 Å². The van der Waals surface area contributed by atoms with Gasteiger partial charge >= 0.3 is 6.18 Å². The second-order valence-electron chi connectivity index (χ2n) is 4.40. The SMILES string of the molecule is CC(C)(O)CCOc1ccccc1C(F)(F)F. The number of ether oxygens (including phenoxy) is 1. The van der Waals surface area contributed by atoms with E-state index in [2.05, 4.69) is 0 Å². The van der Waals surface area contributed by atoms with Gasteiger partial charge in [-0.25, -0.2) is 0 Å². The van der Waals surface area contributed by atoms with E-state index >= 15 is 0 Å². The number of para-hydroxylation sites is 1. The molecule has 0 aliphatic rings. The quantitative estimate of drug-likeness (QED) is 0.886. The first-order chi connectivity index (χ1) is 7.70. The zero-order valence-corrected chi connectivity index (χ0v) is 9.71. The minimum Gasteiger partial charge on any atom is -0.493 e. The summed E-state index contributed by atoms with van der Waals surface area (Å²) in [7, 11) is 0. The first kappa shape index (κ1) is 13.8. The fourth-order valence-corrected chi connectivity index (χ4v) is 1.24. The molecular formula is C12H15F3O2. The summed E-state index contributed by atoms with van der Waals surface area (Å²) >= 11 is 0. The Balaban J connectivity index is 2.72. The molecule has 0 saturated heterocycles. The van der Waals surface area contributed by atoms with Crippen LogP contribution in [0.2, 0.25) is 0 Å². The van der Waals surface area contributed by atoms with Crippen LogP contribution in [0.25, 0.3) is 0 Å². The third-order valence-electron chi connectivity index (χ3n) is 2.16. The van der Waals surface area contributed by atoms with Crippen molar-refractivity contribution in [2.24, 2.45) is 0 Å². The van der Waals surface area contributed by atoms with E-state index in [0.29, 0.717) is 0 Å². The van der Waals surface area contributed by atoms with Gasteiger partial charge in [0, 0.05) is 6.42 Å². The average molecular weight is 248 g/mol. The molecule has 0 amide bonds. The Morgan fingerprint density at radius 1 is 1.18 bits per heavy atom. The van der Waals surface area contributed by atoms with E-state index in [1.165, 1.54) is 18.2 Å². The standard InChI is InChI=1S/C12H15F3O2/c1-11(2,16)7-8-17-10-6-4-3-5-9(10)12(13,14)15/h3-6,16H,7-8H2,1-2H3. The molecule has 0 unspecified atom stereocenters. The maximum atomic E-state index is 12.6. The highest BCUT2D eigenvalue weighted by Crippen LogP contribution is 2.35. The average Bonchev–Trinajstić information content (AvgIpc) is 2.15. The van der Waals surface area contributed by atoms with E-state index in [1.54, 1.807) is 13.8 Å². The molecule has 0 radical (unpaired) electrons. The number of rotatable bonds is 4. The third kappa shape index (κ3) is 4.65. The molecule has 17 heavy (non-hydrogen) atoms. The smallest absolute Gasteiger partial charge is 0.419 e. The van der Waals surface area contributed by atoms with Crippen molar-refractivity contribution in [1.82, 2.24) is 0 Å². The van der Waals surface area contributed by atoms with Crippen molar-refractivity contribution in [3.8, 4) is 5.75 Å². The van der Waals surface area contributed by atoms with E-state index in [-0.39, 0.29) is 18.8 Å². The molecule has 0 aliphatic heterocycles. The molecule has 1 N–H and O–H groups in total. The van der Waals surface area contributed by atoms with Gasteiger partial charge in [-0.1, -0.05) is 12.1 Å². The Hall–Kier alpha value is -1.23. The lowest BCUT2D eigenvalue weighted by Gasteiger charge is -2.18. The topological polar surface area (TPSA) is 29.5 Å². The van der Waals surface area contributed by atoms with Crippen molar-refractivity contribution < 1.29 is 23.0 Å². The van der Waals surface area contributed by atoms with Gasteiger partial charge in [-0.15, -0.1) is 0 Å². The Morgan fingerprint density at radius 2 is 1.76 bits per heavy atom. The van der Waals surface area contributed by atoms with Crippen LogP contribution in [0.1, 0.15) is 25.8 Å². The Kier molecular flexibility index (Phi) is 4.03. The predicted octanol–water partition coefficient (Wildman–Crippen LogP) is 3.25. The summed E-state index contributed by atoms with van der Waals surface area (Å²) in [5.74, 6) is -0.204. The molecule has 5 heteroatoms. The zero-order valence-electron chi connectivity index (χ0n) is 9.71. The molecule has 2 nitrogen and oxygen atoms in total. The van der Waals surface area contributed by atoms with Crippen molar-refractivity contribution in [1.29, 1.82) is 0 Å². The first-order valence-electron chi connectivity index (χ1n) is 5.21. The van der Waals surface area contributed by atoms with E-state index < -0.39 is 17.3 Å². The van der Waals surface area contributed by atoms with Crippen LogP contribution >= 0.6 is 0 Å². The summed E-state index contributed by atoms with van der Waals surface area (Å²) in [6.45, 7) is 3.19. The highest BCUT2D eigenvalue weighted by Gasteiger charge is 2.34. The summed E-state index contributed by atoms with van der Waals surface area (Å²) in [6, 6.07) is 5.03. The number of halogens is 3. The molecule has 0 heterocycles. The van der Waals surface area contributed by atoms with Crippen molar-refractivity contribution >= 4 is 0 Å². The Bertz CT molecular complexity index is 367. The molecule has 0 aliphatic carbocycles. The van der Waals surface area contributed by atoms with Crippen LogP contribution < -0.4 is 4.74 Å². The van der Waals surface area contributed by atoms with E-state index in [0.717, 1.165) is 6.07 Å². The van der Waals surface area contributed by atoms with Gasteiger partial charge < -0.3 is 9.84 Å². The number of aliphatic hydroxyl groups is 1. The van der Waals surface area contributed by atoms with E-state index in [9.17, 15) is 18.3 Å². The van der Waals surface area contributed by atoms with Crippen molar-refractivity contribution in [2.75, 3.05) is 6.61 Å². The molecule has 1 aromatic rings. The van der Waals surface area contributed by atoms with Crippen LogP contribution in [0.4, 0.5) is 13.2 Å². The van der Waals surface area contributed by atoms with Gasteiger partial charge in [0.05, 0.1) is 17.8 Å². The van der Waals surface area contributed by atoms with Gasteiger partial charge in [-0.2, -0.15) is 13.2 Å². The molecule has 0 bridgehead atoms. The second kappa shape index (κ2) is 4.96. The van der Waals surface area contributed by atoms with Gasteiger partial charge in [-0.3, -0.25) is 0 Å². The molecule has 0 aromatic heterocycles. The Morgan fingerprint density at radius 3 is 2.29 bits per heavy atom. The molecule has 0 fully saturated rings. The second-order valence-corrected chi connectivity index (χ2v) is 4.40. The van der Waals surface area contributed by atoms with Crippen molar-refractivity contribution in [3.05, 3.63) is 29.8 Å². The van der Waals surface area contributed by atoms with Gasteiger partial charge in [0.15, 0.2) is 0 Å². The normalized spacial score (nSPS) is 12.6. The van der Waals surface area contributed by atoms with E-state index in [4.69, 9.17) is 4.74 Å². The van der Waals surface area contributed by atoms with E-state index in [1.807, 2.05) is 0 Å². The monoisotopic (exact) mass is 248 g/mol. The van der Waals surface area contributed by atoms with Crippen LogP contribution in [-0.2, 0) is 6.18 Å². The fraction of sp³-hybridized carbons (Fsp3) is 0.500. The number of hydrogen-bond acceptors (Lipinski definition) is 2. The summed E-state index contributed by atoms with van der Waals surface area (Å²) in [6.07, 6.45) is -4.16. The van der Waals surface area contributed by atoms with Gasteiger partial charge in [0.1, 0.15) is 5.75 Å². The van der Waals surface area contributed by atoms with Gasteiger partial charge in [-0.05, 0) is 26.0 Å². The van der Waals surface area contributed by atoms with Crippen LogP contribution in [0.3, 0.4) is 0 Å². The minimum atomic E-state index is -4.43. The predicted molar refractivity (Wildman–Crippen MR) is 57.9 cm³/mol. The molecular weight excluding hydrogens is 233 g/mol. The maximum Gasteiger partial charge on any atom is 0.419 e. The summed E-state index contributed by atoms with van der Waals surface area (Å²) < 4.78 is 42.8. The molecule has 0 saturated carbocycles. The van der Waals surface area contributed by atoms with Gasteiger partial charge in [0.25, 0.3) is 0 Å². The first-order valence-corrected chi connectivity index (χ1v) is 5.21. The lowest BCUT2D eigenvalue weighted by atomic mass is 10.1. The third-order valence-corrected chi connectivity index (χ3v) is 2.16.